The van der Waals surface area contributed by atoms with Crippen molar-refractivity contribution in [3.8, 4) is 6.07 Å². The number of H-pyrrole nitrogens is 1. The Hall–Kier alpha value is -1.83. The van der Waals surface area contributed by atoms with Crippen LogP contribution in [0.1, 0.15) is 29.9 Å². The minimum Gasteiger partial charge on any atom is -0.323 e. The molecule has 15 heavy (non-hydrogen) atoms. The van der Waals surface area contributed by atoms with Crippen LogP contribution in [0.3, 0.4) is 0 Å². The van der Waals surface area contributed by atoms with Crippen molar-refractivity contribution in [1.82, 2.24) is 15.1 Å². The molecule has 1 N–H and O–H groups in total. The number of hydrogen-bond donors (Lipinski definition) is 1. The zero-order chi connectivity index (χ0) is 11.4. The van der Waals surface area contributed by atoms with Crippen LogP contribution in [0, 0.1) is 18.3 Å². The van der Waals surface area contributed by atoms with Crippen molar-refractivity contribution in [2.75, 3.05) is 6.54 Å². The van der Waals surface area contributed by atoms with Crippen LogP contribution < -0.4 is 0 Å². The van der Waals surface area contributed by atoms with Crippen molar-refractivity contribution in [2.24, 2.45) is 0 Å². The van der Waals surface area contributed by atoms with E-state index in [9.17, 15) is 4.79 Å². The Morgan fingerprint density at radius 1 is 1.73 bits per heavy atom. The molecule has 0 aromatic carbocycles. The summed E-state index contributed by atoms with van der Waals surface area (Å²) < 4.78 is 0. The Morgan fingerprint density at radius 2 is 2.40 bits per heavy atom. The second-order valence-corrected chi connectivity index (χ2v) is 3.59. The molecule has 5 nitrogen and oxygen atoms in total. The summed E-state index contributed by atoms with van der Waals surface area (Å²) in [5.41, 5.74) is 1.25. The van der Waals surface area contributed by atoms with Gasteiger partial charge in [-0.3, -0.25) is 9.89 Å². The van der Waals surface area contributed by atoms with Gasteiger partial charge in [-0.15, -0.1) is 0 Å². The van der Waals surface area contributed by atoms with Gasteiger partial charge in [0.05, 0.1) is 17.8 Å². The van der Waals surface area contributed by atoms with Gasteiger partial charge in [0.15, 0.2) is 0 Å². The molecule has 80 valence electrons. The van der Waals surface area contributed by atoms with Crippen LogP contribution >= 0.6 is 0 Å². The highest BCUT2D eigenvalue weighted by Crippen LogP contribution is 2.09. The maximum atomic E-state index is 12.0. The number of aromatic nitrogens is 2. The summed E-state index contributed by atoms with van der Waals surface area (Å²) in [6.07, 6.45) is 1.49. The van der Waals surface area contributed by atoms with Crippen LogP contribution in [0.25, 0.3) is 0 Å². The first-order chi connectivity index (χ1) is 7.07. The first kappa shape index (κ1) is 11.2. The average molecular weight is 206 g/mol. The number of nitrogens with one attached hydrogen (secondary N) is 1. The number of amides is 1. The number of carbonyl (C=O) groups excluding carboxylic acids is 1. The number of nitriles is 1. The fourth-order valence-corrected chi connectivity index (χ4v) is 1.29. The maximum Gasteiger partial charge on any atom is 0.258 e. The van der Waals surface area contributed by atoms with Gasteiger partial charge in [-0.25, -0.2) is 0 Å². The van der Waals surface area contributed by atoms with E-state index in [-0.39, 0.29) is 18.5 Å². The van der Waals surface area contributed by atoms with Crippen LogP contribution in [0.4, 0.5) is 0 Å². The fourth-order valence-electron chi connectivity index (χ4n) is 1.29. The van der Waals surface area contributed by atoms with Crippen molar-refractivity contribution >= 4 is 5.91 Å². The highest BCUT2D eigenvalue weighted by atomic mass is 16.2. The van der Waals surface area contributed by atoms with Crippen LogP contribution in [0.15, 0.2) is 6.20 Å². The minimum absolute atomic E-state index is 0.00597. The summed E-state index contributed by atoms with van der Waals surface area (Å²) in [6, 6.07) is 1.99. The molecule has 1 rings (SSSR count). The first-order valence-corrected chi connectivity index (χ1v) is 4.75. The third-order valence-electron chi connectivity index (χ3n) is 2.19. The van der Waals surface area contributed by atoms with Gasteiger partial charge < -0.3 is 4.90 Å². The molecule has 0 saturated heterocycles. The Balaban J connectivity index is 2.92. The van der Waals surface area contributed by atoms with E-state index < -0.39 is 0 Å². The van der Waals surface area contributed by atoms with E-state index in [1.807, 2.05) is 19.9 Å². The predicted molar refractivity (Wildman–Crippen MR) is 55.1 cm³/mol. The molecule has 0 aliphatic rings. The molecule has 0 saturated carbocycles. The van der Waals surface area contributed by atoms with Gasteiger partial charge >= 0.3 is 0 Å². The molecule has 0 fully saturated rings. The molecule has 0 radical (unpaired) electrons. The lowest BCUT2D eigenvalue weighted by molar-refractivity contribution is 0.0731. The van der Waals surface area contributed by atoms with Crippen LogP contribution in [-0.2, 0) is 0 Å². The lowest BCUT2D eigenvalue weighted by Gasteiger charge is -2.23. The third-order valence-corrected chi connectivity index (χ3v) is 2.19. The second kappa shape index (κ2) is 4.60. The fraction of sp³-hybridized carbons (Fsp3) is 0.500. The van der Waals surface area contributed by atoms with Gasteiger partial charge in [-0.05, 0) is 20.8 Å². The zero-order valence-corrected chi connectivity index (χ0v) is 9.11. The number of aromatic amines is 1. The van der Waals surface area contributed by atoms with Crippen molar-refractivity contribution in [1.29, 1.82) is 5.26 Å². The third kappa shape index (κ3) is 2.34. The summed E-state index contributed by atoms with van der Waals surface area (Å²) in [4.78, 5) is 13.5. The number of carbonyl (C=O) groups is 1. The molecule has 1 amide bonds. The van der Waals surface area contributed by atoms with Gasteiger partial charge in [-0.1, -0.05) is 0 Å². The summed E-state index contributed by atoms with van der Waals surface area (Å²) >= 11 is 0. The summed E-state index contributed by atoms with van der Waals surface area (Å²) in [5.74, 6) is -0.155. The molecule has 0 unspecified atom stereocenters. The number of hydrogen-bond acceptors (Lipinski definition) is 3. The number of rotatable bonds is 3. The van der Waals surface area contributed by atoms with E-state index in [0.29, 0.717) is 5.56 Å². The van der Waals surface area contributed by atoms with Gasteiger partial charge in [0.25, 0.3) is 5.91 Å². The van der Waals surface area contributed by atoms with E-state index in [1.54, 1.807) is 6.92 Å². The largest absolute Gasteiger partial charge is 0.323 e. The van der Waals surface area contributed by atoms with Gasteiger partial charge in [-0.2, -0.15) is 10.4 Å². The standard InChI is InChI=1S/C10H14N4O/c1-7(2)14(5-4-11)10(15)9-6-12-13-8(9)3/h6-7H,5H2,1-3H3,(H,12,13). The van der Waals surface area contributed by atoms with Crippen molar-refractivity contribution in [3.63, 3.8) is 0 Å². The van der Waals surface area contributed by atoms with Crippen molar-refractivity contribution < 1.29 is 4.79 Å². The SMILES string of the molecule is Cc1[nH]ncc1C(=O)N(CC#N)C(C)C. The number of aryl methyl sites for hydroxylation is 1. The van der Waals surface area contributed by atoms with E-state index >= 15 is 0 Å². The van der Waals surface area contributed by atoms with Crippen molar-refractivity contribution in [2.45, 2.75) is 26.8 Å². The molecule has 1 aromatic rings. The second-order valence-electron chi connectivity index (χ2n) is 3.59. The lowest BCUT2D eigenvalue weighted by Crippen LogP contribution is -2.37. The summed E-state index contributed by atoms with van der Waals surface area (Å²) in [5, 5.41) is 15.1. The molecule has 0 bridgehead atoms. The predicted octanol–water partition coefficient (Wildman–Crippen LogP) is 1.09. The molecule has 1 aromatic heterocycles. The summed E-state index contributed by atoms with van der Waals surface area (Å²) in [7, 11) is 0. The zero-order valence-electron chi connectivity index (χ0n) is 9.11. The van der Waals surface area contributed by atoms with Crippen LogP contribution in [0.2, 0.25) is 0 Å². The molecule has 0 aliphatic carbocycles. The molecule has 0 aliphatic heterocycles. The molecule has 0 atom stereocenters. The molecule has 1 heterocycles. The maximum absolute atomic E-state index is 12.0. The topological polar surface area (TPSA) is 72.8 Å². The van der Waals surface area contributed by atoms with Crippen LogP contribution in [0.5, 0.6) is 0 Å². The minimum atomic E-state index is -0.155. The van der Waals surface area contributed by atoms with Crippen molar-refractivity contribution in [3.05, 3.63) is 17.5 Å². The Morgan fingerprint density at radius 3 is 2.80 bits per heavy atom. The highest BCUT2D eigenvalue weighted by Gasteiger charge is 2.20. The summed E-state index contributed by atoms with van der Waals surface area (Å²) in [6.45, 7) is 5.64. The van der Waals surface area contributed by atoms with Gasteiger partial charge in [0.1, 0.15) is 6.54 Å². The Labute approximate surface area is 88.7 Å². The van der Waals surface area contributed by atoms with Gasteiger partial charge in [0.2, 0.25) is 0 Å². The average Bonchev–Trinajstić information content (AvgIpc) is 2.59. The van der Waals surface area contributed by atoms with E-state index in [2.05, 4.69) is 10.2 Å². The Bertz CT molecular complexity index is 388. The molecular weight excluding hydrogens is 192 g/mol. The molecule has 5 heteroatoms. The van der Waals surface area contributed by atoms with E-state index in [4.69, 9.17) is 5.26 Å². The normalized spacial score (nSPS) is 10.1. The van der Waals surface area contributed by atoms with Crippen LogP contribution in [-0.4, -0.2) is 33.6 Å². The smallest absolute Gasteiger partial charge is 0.258 e. The quantitative estimate of drug-likeness (QED) is 0.752. The van der Waals surface area contributed by atoms with Gasteiger partial charge in [0, 0.05) is 11.7 Å². The van der Waals surface area contributed by atoms with E-state index in [1.165, 1.54) is 11.1 Å². The van der Waals surface area contributed by atoms with E-state index in [0.717, 1.165) is 5.69 Å². The number of nitrogens with zero attached hydrogens (tertiary/aromatic N) is 3. The Kier molecular flexibility index (Phi) is 3.45. The highest BCUT2D eigenvalue weighted by molar-refractivity contribution is 5.95. The molecular formula is C10H14N4O. The molecule has 0 spiro atoms. The monoisotopic (exact) mass is 206 g/mol. The first-order valence-electron chi connectivity index (χ1n) is 4.75. The lowest BCUT2D eigenvalue weighted by atomic mass is 10.2.